The number of aromatic nitrogens is 2. The van der Waals surface area contributed by atoms with Crippen LogP contribution in [0.2, 0.25) is 0 Å². The summed E-state index contributed by atoms with van der Waals surface area (Å²) in [6, 6.07) is 1.11. The van der Waals surface area contributed by atoms with E-state index in [-0.39, 0.29) is 0 Å². The first-order chi connectivity index (χ1) is 8.15. The molecule has 0 amide bonds. The molecular formula is C12H22N4O. The van der Waals surface area contributed by atoms with Crippen LogP contribution >= 0.6 is 0 Å². The second-order valence-electron chi connectivity index (χ2n) is 5.18. The van der Waals surface area contributed by atoms with Gasteiger partial charge in [0.2, 0.25) is 5.89 Å². The molecule has 0 bridgehead atoms. The van der Waals surface area contributed by atoms with Crippen LogP contribution in [0.25, 0.3) is 0 Å². The van der Waals surface area contributed by atoms with E-state index in [4.69, 9.17) is 4.42 Å². The zero-order chi connectivity index (χ0) is 12.3. The molecular weight excluding hydrogens is 216 g/mol. The minimum atomic E-state index is 0.432. The van der Waals surface area contributed by atoms with E-state index in [1.165, 1.54) is 12.8 Å². The molecule has 1 aromatic rings. The predicted octanol–water partition coefficient (Wildman–Crippen LogP) is 1.80. The third kappa shape index (κ3) is 3.43. The van der Waals surface area contributed by atoms with Gasteiger partial charge in [-0.1, -0.05) is 25.9 Å². The molecule has 96 valence electrons. The Balaban J connectivity index is 1.89. The smallest absolute Gasteiger partial charge is 0.318 e. The lowest BCUT2D eigenvalue weighted by Crippen LogP contribution is -2.32. The van der Waals surface area contributed by atoms with E-state index in [0.29, 0.717) is 24.5 Å². The van der Waals surface area contributed by atoms with Crippen molar-refractivity contribution in [2.24, 2.45) is 5.92 Å². The van der Waals surface area contributed by atoms with Crippen LogP contribution < -0.4 is 10.2 Å². The fraction of sp³-hybridized carbons (Fsp3) is 0.833. The molecule has 0 aromatic carbocycles. The maximum atomic E-state index is 5.65. The van der Waals surface area contributed by atoms with Crippen molar-refractivity contribution in [3.8, 4) is 0 Å². The third-order valence-electron chi connectivity index (χ3n) is 3.17. The Kier molecular flexibility index (Phi) is 3.99. The first kappa shape index (κ1) is 12.4. The number of rotatable bonds is 4. The number of nitrogens with one attached hydrogen (secondary N) is 1. The Hall–Kier alpha value is -1.10. The molecule has 0 aliphatic carbocycles. The molecule has 0 saturated carbocycles. The number of piperidine rings is 1. The van der Waals surface area contributed by atoms with Crippen LogP contribution in [0, 0.1) is 5.92 Å². The molecule has 5 heteroatoms. The standard InChI is InChI=1S/C12H22N4O/c1-9(2)13-8-11-14-15-12(17-11)16-6-4-10(3)5-7-16/h9-10,13H,4-8H2,1-3H3. The molecule has 2 rings (SSSR count). The molecule has 0 atom stereocenters. The van der Waals surface area contributed by atoms with Crippen molar-refractivity contribution in [2.75, 3.05) is 18.0 Å². The van der Waals surface area contributed by atoms with Crippen molar-refractivity contribution in [1.29, 1.82) is 0 Å². The summed E-state index contributed by atoms with van der Waals surface area (Å²) in [5.41, 5.74) is 0. The Morgan fingerprint density at radius 2 is 2.06 bits per heavy atom. The van der Waals surface area contributed by atoms with Crippen molar-refractivity contribution in [3.05, 3.63) is 5.89 Å². The highest BCUT2D eigenvalue weighted by Gasteiger charge is 2.20. The van der Waals surface area contributed by atoms with Gasteiger partial charge in [-0.15, -0.1) is 5.10 Å². The van der Waals surface area contributed by atoms with Gasteiger partial charge in [0, 0.05) is 19.1 Å². The zero-order valence-corrected chi connectivity index (χ0v) is 10.9. The second-order valence-corrected chi connectivity index (χ2v) is 5.18. The Morgan fingerprint density at radius 1 is 1.35 bits per heavy atom. The van der Waals surface area contributed by atoms with E-state index >= 15 is 0 Å². The molecule has 1 aliphatic rings. The van der Waals surface area contributed by atoms with Gasteiger partial charge in [0.05, 0.1) is 6.54 Å². The van der Waals surface area contributed by atoms with Crippen molar-refractivity contribution >= 4 is 6.01 Å². The monoisotopic (exact) mass is 238 g/mol. The van der Waals surface area contributed by atoms with Crippen LogP contribution in [-0.2, 0) is 6.54 Å². The molecule has 1 aromatic heterocycles. The first-order valence-electron chi connectivity index (χ1n) is 6.46. The molecule has 5 nitrogen and oxygen atoms in total. The fourth-order valence-electron chi connectivity index (χ4n) is 1.94. The van der Waals surface area contributed by atoms with Crippen LogP contribution in [0.3, 0.4) is 0 Å². The lowest BCUT2D eigenvalue weighted by Gasteiger charge is -2.28. The van der Waals surface area contributed by atoms with Gasteiger partial charge in [-0.25, -0.2) is 0 Å². The maximum Gasteiger partial charge on any atom is 0.318 e. The predicted molar refractivity (Wildman–Crippen MR) is 66.9 cm³/mol. The number of hydrogen-bond donors (Lipinski definition) is 1. The zero-order valence-electron chi connectivity index (χ0n) is 10.9. The highest BCUT2D eigenvalue weighted by atomic mass is 16.4. The van der Waals surface area contributed by atoms with E-state index in [1.54, 1.807) is 0 Å². The molecule has 17 heavy (non-hydrogen) atoms. The van der Waals surface area contributed by atoms with Gasteiger partial charge in [-0.05, 0) is 18.8 Å². The molecule has 0 radical (unpaired) electrons. The highest BCUT2D eigenvalue weighted by Crippen LogP contribution is 2.21. The topological polar surface area (TPSA) is 54.2 Å². The minimum absolute atomic E-state index is 0.432. The highest BCUT2D eigenvalue weighted by molar-refractivity contribution is 5.24. The Bertz CT molecular complexity index is 342. The Morgan fingerprint density at radius 3 is 2.71 bits per heavy atom. The van der Waals surface area contributed by atoms with Crippen molar-refractivity contribution in [1.82, 2.24) is 15.5 Å². The summed E-state index contributed by atoms with van der Waals surface area (Å²) >= 11 is 0. The van der Waals surface area contributed by atoms with E-state index < -0.39 is 0 Å². The van der Waals surface area contributed by atoms with Crippen LogP contribution in [0.5, 0.6) is 0 Å². The lowest BCUT2D eigenvalue weighted by atomic mass is 10.00. The number of hydrogen-bond acceptors (Lipinski definition) is 5. The van der Waals surface area contributed by atoms with Crippen LogP contribution in [0.15, 0.2) is 4.42 Å². The first-order valence-corrected chi connectivity index (χ1v) is 6.46. The largest absolute Gasteiger partial charge is 0.407 e. The second kappa shape index (κ2) is 5.49. The fourth-order valence-corrected chi connectivity index (χ4v) is 1.94. The summed E-state index contributed by atoms with van der Waals surface area (Å²) in [6.07, 6.45) is 2.42. The molecule has 1 fully saturated rings. The van der Waals surface area contributed by atoms with Crippen molar-refractivity contribution in [2.45, 2.75) is 46.2 Å². The third-order valence-corrected chi connectivity index (χ3v) is 3.17. The summed E-state index contributed by atoms with van der Waals surface area (Å²) in [6.45, 7) is 9.20. The summed E-state index contributed by atoms with van der Waals surface area (Å²) in [7, 11) is 0. The van der Waals surface area contributed by atoms with E-state index in [0.717, 1.165) is 19.0 Å². The van der Waals surface area contributed by atoms with Gasteiger partial charge in [0.15, 0.2) is 0 Å². The average molecular weight is 238 g/mol. The van der Waals surface area contributed by atoms with Gasteiger partial charge < -0.3 is 14.6 Å². The normalized spacial score (nSPS) is 18.0. The Labute approximate surface area is 103 Å². The SMILES string of the molecule is CC1CCN(c2nnc(CNC(C)C)o2)CC1. The van der Waals surface area contributed by atoms with Crippen LogP contribution in [0.1, 0.15) is 39.5 Å². The average Bonchev–Trinajstić information content (AvgIpc) is 2.76. The molecule has 0 spiro atoms. The summed E-state index contributed by atoms with van der Waals surface area (Å²) in [5, 5.41) is 11.4. The molecule has 0 unspecified atom stereocenters. The van der Waals surface area contributed by atoms with Gasteiger partial charge in [0.25, 0.3) is 0 Å². The summed E-state index contributed by atoms with van der Waals surface area (Å²) in [5.74, 6) is 1.49. The van der Waals surface area contributed by atoms with E-state index in [2.05, 4.69) is 41.2 Å². The maximum absolute atomic E-state index is 5.65. The van der Waals surface area contributed by atoms with Crippen LogP contribution in [-0.4, -0.2) is 29.3 Å². The number of anilines is 1. The summed E-state index contributed by atoms with van der Waals surface area (Å²) in [4.78, 5) is 2.19. The molecule has 1 saturated heterocycles. The van der Waals surface area contributed by atoms with Gasteiger partial charge in [-0.3, -0.25) is 0 Å². The van der Waals surface area contributed by atoms with Crippen molar-refractivity contribution in [3.63, 3.8) is 0 Å². The molecule has 2 heterocycles. The lowest BCUT2D eigenvalue weighted by molar-refractivity contribution is 0.398. The van der Waals surface area contributed by atoms with Crippen molar-refractivity contribution < 1.29 is 4.42 Å². The summed E-state index contributed by atoms with van der Waals surface area (Å²) < 4.78 is 5.65. The quantitative estimate of drug-likeness (QED) is 0.867. The van der Waals surface area contributed by atoms with Gasteiger partial charge in [0.1, 0.15) is 0 Å². The van der Waals surface area contributed by atoms with Gasteiger partial charge in [-0.2, -0.15) is 0 Å². The van der Waals surface area contributed by atoms with Crippen LogP contribution in [0.4, 0.5) is 6.01 Å². The number of nitrogens with zero attached hydrogens (tertiary/aromatic N) is 3. The van der Waals surface area contributed by atoms with E-state index in [9.17, 15) is 0 Å². The molecule has 1 N–H and O–H groups in total. The van der Waals surface area contributed by atoms with E-state index in [1.807, 2.05) is 0 Å². The minimum Gasteiger partial charge on any atom is -0.407 e. The molecule has 1 aliphatic heterocycles. The van der Waals surface area contributed by atoms with Gasteiger partial charge >= 0.3 is 6.01 Å².